The van der Waals surface area contributed by atoms with Gasteiger partial charge in [0.1, 0.15) is 18.4 Å². The Bertz CT molecular complexity index is 1220. The maximum atomic E-state index is 12.7. The first-order valence-corrected chi connectivity index (χ1v) is 10.7. The first-order chi connectivity index (χ1) is 14.3. The van der Waals surface area contributed by atoms with E-state index in [-0.39, 0.29) is 17.9 Å². The highest BCUT2D eigenvalue weighted by Crippen LogP contribution is 2.22. The fraction of sp³-hybridized carbons (Fsp3) is 0.227. The standard InChI is InChI=1S/C22H22N2O5S/c1-3-4-13-29-17-9-11-18(12-10-17)30(27,28)23-20(22(25)26)14-16-15-24(2)21-8-6-5-7-19(16)21/h5-12,15,20,23H,13-14H2,1-2H3,(H,25,26)/t20-/m1/s1. The minimum absolute atomic E-state index is 0.0206. The molecule has 3 rings (SSSR count). The van der Waals surface area contributed by atoms with Crippen LogP contribution in [0.3, 0.4) is 0 Å². The average Bonchev–Trinajstić information content (AvgIpc) is 3.04. The summed E-state index contributed by atoms with van der Waals surface area (Å²) < 4.78 is 35.0. The number of benzene rings is 2. The van der Waals surface area contributed by atoms with Crippen molar-refractivity contribution in [2.24, 2.45) is 7.05 Å². The molecule has 1 heterocycles. The number of para-hydroxylation sites is 1. The molecule has 0 aliphatic carbocycles. The third kappa shape index (κ3) is 4.82. The van der Waals surface area contributed by atoms with Crippen LogP contribution in [0, 0.1) is 11.8 Å². The van der Waals surface area contributed by atoms with Crippen molar-refractivity contribution in [3.8, 4) is 17.6 Å². The molecule has 1 atom stereocenters. The van der Waals surface area contributed by atoms with Gasteiger partial charge in [0.25, 0.3) is 0 Å². The molecule has 0 aliphatic heterocycles. The molecule has 2 N–H and O–H groups in total. The van der Waals surface area contributed by atoms with Crippen LogP contribution in [-0.4, -0.2) is 36.7 Å². The van der Waals surface area contributed by atoms with E-state index in [2.05, 4.69) is 16.6 Å². The minimum Gasteiger partial charge on any atom is -0.481 e. The Kier molecular flexibility index (Phi) is 6.45. The molecule has 7 nitrogen and oxygen atoms in total. The van der Waals surface area contributed by atoms with Crippen LogP contribution in [0.25, 0.3) is 10.9 Å². The zero-order valence-corrected chi connectivity index (χ0v) is 17.4. The van der Waals surface area contributed by atoms with Crippen molar-refractivity contribution in [3.63, 3.8) is 0 Å². The number of nitrogens with one attached hydrogen (secondary N) is 1. The van der Waals surface area contributed by atoms with E-state index in [9.17, 15) is 18.3 Å². The van der Waals surface area contributed by atoms with Crippen LogP contribution in [0.4, 0.5) is 0 Å². The van der Waals surface area contributed by atoms with Crippen molar-refractivity contribution in [2.75, 3.05) is 6.61 Å². The molecule has 0 bridgehead atoms. The maximum Gasteiger partial charge on any atom is 0.322 e. The molecule has 30 heavy (non-hydrogen) atoms. The second-order valence-electron chi connectivity index (χ2n) is 6.69. The summed E-state index contributed by atoms with van der Waals surface area (Å²) in [5, 5.41) is 10.5. The number of aliphatic carboxylic acids is 1. The molecule has 0 saturated heterocycles. The fourth-order valence-electron chi connectivity index (χ4n) is 3.15. The van der Waals surface area contributed by atoms with Crippen molar-refractivity contribution < 1.29 is 23.1 Å². The van der Waals surface area contributed by atoms with Gasteiger partial charge in [0.05, 0.1) is 4.90 Å². The third-order valence-electron chi connectivity index (χ3n) is 4.62. The van der Waals surface area contributed by atoms with Gasteiger partial charge in [0.15, 0.2) is 0 Å². The van der Waals surface area contributed by atoms with Gasteiger partial charge in [0.2, 0.25) is 10.0 Å². The summed E-state index contributed by atoms with van der Waals surface area (Å²) in [5.74, 6) is 4.68. The number of hydrogen-bond acceptors (Lipinski definition) is 4. The number of rotatable bonds is 8. The third-order valence-corrected chi connectivity index (χ3v) is 6.11. The molecule has 0 spiro atoms. The normalized spacial score (nSPS) is 12.2. The molecule has 8 heteroatoms. The van der Waals surface area contributed by atoms with Gasteiger partial charge < -0.3 is 14.4 Å². The van der Waals surface area contributed by atoms with E-state index < -0.39 is 22.0 Å². The average molecular weight is 426 g/mol. The van der Waals surface area contributed by atoms with Crippen LogP contribution in [0.15, 0.2) is 59.6 Å². The first kappa shape index (κ1) is 21.4. The van der Waals surface area contributed by atoms with Crippen molar-refractivity contribution in [1.29, 1.82) is 0 Å². The molecular formula is C22H22N2O5S. The van der Waals surface area contributed by atoms with E-state index in [1.807, 2.05) is 42.1 Å². The fourth-order valence-corrected chi connectivity index (χ4v) is 4.34. The first-order valence-electron chi connectivity index (χ1n) is 9.22. The number of aromatic nitrogens is 1. The zero-order valence-electron chi connectivity index (χ0n) is 16.6. The Morgan fingerprint density at radius 1 is 1.20 bits per heavy atom. The molecular weight excluding hydrogens is 404 g/mol. The Morgan fingerprint density at radius 3 is 2.57 bits per heavy atom. The van der Waals surface area contributed by atoms with Gasteiger partial charge >= 0.3 is 5.97 Å². The minimum atomic E-state index is -4.03. The number of sulfonamides is 1. The van der Waals surface area contributed by atoms with Crippen molar-refractivity contribution in [3.05, 3.63) is 60.3 Å². The Balaban J connectivity index is 1.79. The van der Waals surface area contributed by atoms with Gasteiger partial charge in [-0.15, -0.1) is 5.92 Å². The monoisotopic (exact) mass is 426 g/mol. The maximum absolute atomic E-state index is 12.7. The van der Waals surface area contributed by atoms with E-state index in [1.54, 1.807) is 6.92 Å². The number of fused-ring (bicyclic) bond motifs is 1. The lowest BCUT2D eigenvalue weighted by Gasteiger charge is -2.15. The molecule has 2 aromatic carbocycles. The summed E-state index contributed by atoms with van der Waals surface area (Å²) in [7, 11) is -2.17. The lowest BCUT2D eigenvalue weighted by molar-refractivity contribution is -0.138. The van der Waals surface area contributed by atoms with E-state index in [0.29, 0.717) is 5.75 Å². The number of aryl methyl sites for hydroxylation is 1. The predicted octanol–water partition coefficient (Wildman–Crippen LogP) is 2.55. The highest BCUT2D eigenvalue weighted by atomic mass is 32.2. The number of carboxylic acids is 1. The summed E-state index contributed by atoms with van der Waals surface area (Å²) in [6, 6.07) is 12.0. The van der Waals surface area contributed by atoms with Crippen molar-refractivity contribution in [2.45, 2.75) is 24.3 Å². The van der Waals surface area contributed by atoms with Gasteiger partial charge in [-0.3, -0.25) is 4.79 Å². The molecule has 0 fully saturated rings. The number of nitrogens with zero attached hydrogens (tertiary/aromatic N) is 1. The number of hydrogen-bond donors (Lipinski definition) is 2. The van der Waals surface area contributed by atoms with Crippen LogP contribution in [-0.2, 0) is 28.3 Å². The van der Waals surface area contributed by atoms with E-state index in [1.165, 1.54) is 24.3 Å². The highest BCUT2D eigenvalue weighted by molar-refractivity contribution is 7.89. The molecule has 0 aliphatic rings. The molecule has 0 amide bonds. The second kappa shape index (κ2) is 9.03. The zero-order chi connectivity index (χ0) is 21.7. The molecule has 156 valence electrons. The van der Waals surface area contributed by atoms with Crippen LogP contribution in [0.2, 0.25) is 0 Å². The lowest BCUT2D eigenvalue weighted by atomic mass is 10.1. The Hall–Kier alpha value is -3.28. The van der Waals surface area contributed by atoms with Gasteiger partial charge in [-0.1, -0.05) is 24.1 Å². The van der Waals surface area contributed by atoms with Gasteiger partial charge in [-0.05, 0) is 42.8 Å². The molecule has 1 aromatic heterocycles. The van der Waals surface area contributed by atoms with Crippen molar-refractivity contribution >= 4 is 26.9 Å². The lowest BCUT2D eigenvalue weighted by Crippen LogP contribution is -2.42. The quantitative estimate of drug-likeness (QED) is 0.540. The van der Waals surface area contributed by atoms with Crippen LogP contribution in [0.1, 0.15) is 12.5 Å². The van der Waals surface area contributed by atoms with E-state index in [4.69, 9.17) is 4.74 Å². The second-order valence-corrected chi connectivity index (χ2v) is 8.40. The summed E-state index contributed by atoms with van der Waals surface area (Å²) in [6.45, 7) is 1.90. The highest BCUT2D eigenvalue weighted by Gasteiger charge is 2.27. The van der Waals surface area contributed by atoms with Gasteiger partial charge in [-0.2, -0.15) is 4.72 Å². The SMILES string of the molecule is CC#CCOc1ccc(S(=O)(=O)N[C@H](Cc2cn(C)c3ccccc23)C(=O)O)cc1. The summed E-state index contributed by atoms with van der Waals surface area (Å²) in [6.07, 6.45) is 1.84. The van der Waals surface area contributed by atoms with Crippen LogP contribution >= 0.6 is 0 Å². The molecule has 0 radical (unpaired) electrons. The summed E-state index contributed by atoms with van der Waals surface area (Å²) in [4.78, 5) is 11.7. The Morgan fingerprint density at radius 2 is 1.90 bits per heavy atom. The summed E-state index contributed by atoms with van der Waals surface area (Å²) in [5.41, 5.74) is 1.70. The van der Waals surface area contributed by atoms with E-state index >= 15 is 0 Å². The van der Waals surface area contributed by atoms with E-state index in [0.717, 1.165) is 16.5 Å². The van der Waals surface area contributed by atoms with Crippen LogP contribution < -0.4 is 9.46 Å². The largest absolute Gasteiger partial charge is 0.481 e. The Labute approximate surface area is 175 Å². The smallest absolute Gasteiger partial charge is 0.322 e. The van der Waals surface area contributed by atoms with Gasteiger partial charge in [0, 0.05) is 30.6 Å². The topological polar surface area (TPSA) is 97.6 Å². The number of ether oxygens (including phenoxy) is 1. The predicted molar refractivity (Wildman–Crippen MR) is 114 cm³/mol. The van der Waals surface area contributed by atoms with Gasteiger partial charge in [-0.25, -0.2) is 8.42 Å². The molecule has 0 unspecified atom stereocenters. The van der Waals surface area contributed by atoms with Crippen molar-refractivity contribution in [1.82, 2.24) is 9.29 Å². The summed E-state index contributed by atoms with van der Waals surface area (Å²) >= 11 is 0. The molecule has 0 saturated carbocycles. The van der Waals surface area contributed by atoms with Crippen LogP contribution in [0.5, 0.6) is 5.75 Å². The number of carbonyl (C=O) groups is 1. The number of carboxylic acid groups (broad SMARTS) is 1. The molecule has 3 aromatic rings.